The molecule has 1 saturated heterocycles. The molecule has 0 spiro atoms. The predicted molar refractivity (Wildman–Crippen MR) is 78.2 cm³/mol. The van der Waals surface area contributed by atoms with Crippen molar-refractivity contribution in [2.75, 3.05) is 25.1 Å². The van der Waals surface area contributed by atoms with Gasteiger partial charge in [-0.1, -0.05) is 23.5 Å². The first-order valence-corrected chi connectivity index (χ1v) is 7.42. The molecule has 0 aliphatic carbocycles. The van der Waals surface area contributed by atoms with E-state index in [2.05, 4.69) is 10.3 Å². The Labute approximate surface area is 120 Å². The Morgan fingerprint density at radius 3 is 2.85 bits per heavy atom. The van der Waals surface area contributed by atoms with Gasteiger partial charge in [-0.15, -0.1) is 0 Å². The van der Waals surface area contributed by atoms with E-state index in [0.717, 1.165) is 15.3 Å². The fourth-order valence-electron chi connectivity index (χ4n) is 2.42. The Morgan fingerprint density at radius 1 is 1.40 bits per heavy atom. The summed E-state index contributed by atoms with van der Waals surface area (Å²) < 4.78 is 6.37. The molecule has 1 aliphatic rings. The fourth-order valence-corrected chi connectivity index (χ4v) is 3.28. The van der Waals surface area contributed by atoms with E-state index in [1.165, 1.54) is 0 Å². The van der Waals surface area contributed by atoms with Gasteiger partial charge < -0.3 is 15.2 Å². The van der Waals surface area contributed by atoms with E-state index in [1.807, 2.05) is 24.3 Å². The largest absolute Gasteiger partial charge is 0.481 e. The highest BCUT2D eigenvalue weighted by molar-refractivity contribution is 7.22. The van der Waals surface area contributed by atoms with E-state index in [1.54, 1.807) is 11.3 Å². The molecule has 2 N–H and O–H groups in total. The summed E-state index contributed by atoms with van der Waals surface area (Å²) in [5.41, 5.74) is 0.201. The number of rotatable bonds is 4. The highest BCUT2D eigenvalue weighted by atomic mass is 32.1. The second-order valence-electron chi connectivity index (χ2n) is 5.04. The van der Waals surface area contributed by atoms with Gasteiger partial charge in [-0.3, -0.25) is 4.79 Å². The zero-order valence-electron chi connectivity index (χ0n) is 11.0. The standard InChI is InChI=1S/C14H16N2O3S/c17-12(18)14(5-7-19-8-6-14)9-15-13-16-10-3-1-2-4-11(10)20-13/h1-4H,5-9H2,(H,15,16)(H,17,18). The molecule has 5 nitrogen and oxygen atoms in total. The molecule has 0 amide bonds. The summed E-state index contributed by atoms with van der Waals surface area (Å²) in [5.74, 6) is -0.755. The van der Waals surface area contributed by atoms with Crippen LogP contribution in [0.4, 0.5) is 5.13 Å². The number of carbonyl (C=O) groups is 1. The normalized spacial score (nSPS) is 18.0. The first-order valence-electron chi connectivity index (χ1n) is 6.60. The minimum absolute atomic E-state index is 0.394. The van der Waals surface area contributed by atoms with Crippen LogP contribution in [0.25, 0.3) is 10.2 Å². The average Bonchev–Trinajstić information content (AvgIpc) is 2.89. The molecular weight excluding hydrogens is 276 g/mol. The van der Waals surface area contributed by atoms with Crippen LogP contribution in [-0.4, -0.2) is 35.8 Å². The van der Waals surface area contributed by atoms with Crippen LogP contribution in [0.5, 0.6) is 0 Å². The lowest BCUT2D eigenvalue weighted by Crippen LogP contribution is -2.42. The number of benzene rings is 1. The minimum atomic E-state index is -0.755. The number of carboxylic acid groups (broad SMARTS) is 1. The van der Waals surface area contributed by atoms with Gasteiger partial charge in [-0.2, -0.15) is 0 Å². The summed E-state index contributed by atoms with van der Waals surface area (Å²) >= 11 is 1.55. The number of nitrogens with zero attached hydrogens (tertiary/aromatic N) is 1. The number of aliphatic carboxylic acids is 1. The smallest absolute Gasteiger partial charge is 0.311 e. The van der Waals surface area contributed by atoms with E-state index in [4.69, 9.17) is 4.74 Å². The van der Waals surface area contributed by atoms with Crippen LogP contribution in [0.3, 0.4) is 0 Å². The molecule has 3 rings (SSSR count). The summed E-state index contributed by atoms with van der Waals surface area (Å²) in [6, 6.07) is 7.89. The topological polar surface area (TPSA) is 71.5 Å². The molecule has 1 aromatic heterocycles. The van der Waals surface area contributed by atoms with Crippen LogP contribution in [0.2, 0.25) is 0 Å². The third kappa shape index (κ3) is 2.48. The second-order valence-corrected chi connectivity index (χ2v) is 6.07. The van der Waals surface area contributed by atoms with Crippen molar-refractivity contribution < 1.29 is 14.6 Å². The Balaban J connectivity index is 1.75. The maximum absolute atomic E-state index is 11.6. The molecule has 0 atom stereocenters. The van der Waals surface area contributed by atoms with Gasteiger partial charge in [0, 0.05) is 19.8 Å². The van der Waals surface area contributed by atoms with Gasteiger partial charge in [0.1, 0.15) is 0 Å². The molecule has 20 heavy (non-hydrogen) atoms. The van der Waals surface area contributed by atoms with Crippen molar-refractivity contribution in [1.29, 1.82) is 0 Å². The summed E-state index contributed by atoms with van der Waals surface area (Å²) in [4.78, 5) is 16.0. The van der Waals surface area contributed by atoms with Crippen molar-refractivity contribution in [2.24, 2.45) is 5.41 Å². The van der Waals surface area contributed by atoms with Crippen LogP contribution in [0, 0.1) is 5.41 Å². The van der Waals surface area contributed by atoms with Crippen molar-refractivity contribution in [3.63, 3.8) is 0 Å². The van der Waals surface area contributed by atoms with Gasteiger partial charge >= 0.3 is 5.97 Å². The molecule has 6 heteroatoms. The molecule has 1 aromatic carbocycles. The fraction of sp³-hybridized carbons (Fsp3) is 0.429. The maximum Gasteiger partial charge on any atom is 0.311 e. The number of hydrogen-bond donors (Lipinski definition) is 2. The first-order chi connectivity index (χ1) is 9.70. The predicted octanol–water partition coefficient (Wildman–Crippen LogP) is 2.59. The van der Waals surface area contributed by atoms with Crippen LogP contribution in [0.1, 0.15) is 12.8 Å². The molecule has 1 aliphatic heterocycles. The van der Waals surface area contributed by atoms with Gasteiger partial charge in [-0.05, 0) is 25.0 Å². The maximum atomic E-state index is 11.6. The number of aromatic nitrogens is 1. The van der Waals surface area contributed by atoms with Crippen LogP contribution in [-0.2, 0) is 9.53 Å². The van der Waals surface area contributed by atoms with Gasteiger partial charge in [0.15, 0.2) is 5.13 Å². The van der Waals surface area contributed by atoms with Crippen LogP contribution >= 0.6 is 11.3 Å². The van der Waals surface area contributed by atoms with Crippen molar-refractivity contribution in [3.05, 3.63) is 24.3 Å². The van der Waals surface area contributed by atoms with Crippen LogP contribution in [0.15, 0.2) is 24.3 Å². The highest BCUT2D eigenvalue weighted by Crippen LogP contribution is 2.32. The Hall–Kier alpha value is -1.66. The molecule has 2 heterocycles. The number of hydrogen-bond acceptors (Lipinski definition) is 5. The summed E-state index contributed by atoms with van der Waals surface area (Å²) in [6.45, 7) is 1.41. The van der Waals surface area contributed by atoms with E-state index in [9.17, 15) is 9.90 Å². The zero-order valence-corrected chi connectivity index (χ0v) is 11.8. The third-order valence-electron chi connectivity index (χ3n) is 3.78. The van der Waals surface area contributed by atoms with Crippen molar-refractivity contribution in [1.82, 2.24) is 4.98 Å². The van der Waals surface area contributed by atoms with E-state index in [-0.39, 0.29) is 0 Å². The SMILES string of the molecule is O=C(O)C1(CNc2nc3ccccc3s2)CCOCC1. The number of para-hydroxylation sites is 1. The van der Waals surface area contributed by atoms with E-state index in [0.29, 0.717) is 32.6 Å². The van der Waals surface area contributed by atoms with Crippen molar-refractivity contribution in [3.8, 4) is 0 Å². The number of nitrogens with one attached hydrogen (secondary N) is 1. The summed E-state index contributed by atoms with van der Waals surface area (Å²) in [5, 5.41) is 13.5. The first kappa shape index (κ1) is 13.3. The van der Waals surface area contributed by atoms with Gasteiger partial charge in [0.25, 0.3) is 0 Å². The summed E-state index contributed by atoms with van der Waals surface area (Å²) in [6.07, 6.45) is 1.08. The lowest BCUT2D eigenvalue weighted by molar-refractivity contribution is -0.153. The third-order valence-corrected chi connectivity index (χ3v) is 4.77. The number of carboxylic acids is 1. The Morgan fingerprint density at radius 2 is 2.15 bits per heavy atom. The quantitative estimate of drug-likeness (QED) is 0.906. The molecule has 2 aromatic rings. The van der Waals surface area contributed by atoms with Crippen LogP contribution < -0.4 is 5.32 Å². The van der Waals surface area contributed by atoms with Crippen molar-refractivity contribution >= 4 is 32.7 Å². The Bertz CT molecular complexity index is 587. The molecule has 1 fully saturated rings. The lowest BCUT2D eigenvalue weighted by atomic mass is 9.80. The van der Waals surface area contributed by atoms with Crippen molar-refractivity contribution in [2.45, 2.75) is 12.8 Å². The van der Waals surface area contributed by atoms with E-state index < -0.39 is 11.4 Å². The molecule has 0 saturated carbocycles. The summed E-state index contributed by atoms with van der Waals surface area (Å²) in [7, 11) is 0. The number of anilines is 1. The molecular formula is C14H16N2O3S. The Kier molecular flexibility index (Phi) is 3.58. The van der Waals surface area contributed by atoms with E-state index >= 15 is 0 Å². The lowest BCUT2D eigenvalue weighted by Gasteiger charge is -2.33. The van der Waals surface area contributed by atoms with Gasteiger partial charge in [0.2, 0.25) is 0 Å². The number of thiazole rings is 1. The zero-order chi connectivity index (χ0) is 14.0. The molecule has 0 bridgehead atoms. The molecule has 106 valence electrons. The average molecular weight is 292 g/mol. The molecule has 0 unspecified atom stereocenters. The van der Waals surface area contributed by atoms with Gasteiger partial charge in [-0.25, -0.2) is 4.98 Å². The monoisotopic (exact) mass is 292 g/mol. The second kappa shape index (κ2) is 5.38. The molecule has 0 radical (unpaired) electrons. The highest BCUT2D eigenvalue weighted by Gasteiger charge is 2.40. The minimum Gasteiger partial charge on any atom is -0.481 e. The van der Waals surface area contributed by atoms with Gasteiger partial charge in [0.05, 0.1) is 15.6 Å². The number of ether oxygens (including phenoxy) is 1. The number of fused-ring (bicyclic) bond motifs is 1.